The van der Waals surface area contributed by atoms with Crippen LogP contribution in [0.15, 0.2) is 48.8 Å². The predicted molar refractivity (Wildman–Crippen MR) is 91.0 cm³/mol. The summed E-state index contributed by atoms with van der Waals surface area (Å²) in [4.78, 5) is 15.9. The number of anilines is 2. The lowest BCUT2D eigenvalue weighted by Gasteiger charge is -2.04. The van der Waals surface area contributed by atoms with Crippen molar-refractivity contribution < 1.29 is 4.79 Å². The number of pyridine rings is 1. The Kier molecular flexibility index (Phi) is 4.80. The van der Waals surface area contributed by atoms with E-state index < -0.39 is 0 Å². The van der Waals surface area contributed by atoms with Gasteiger partial charge in [-0.1, -0.05) is 29.0 Å². The molecule has 0 radical (unpaired) electrons. The van der Waals surface area contributed by atoms with Gasteiger partial charge < -0.3 is 5.32 Å². The highest BCUT2D eigenvalue weighted by molar-refractivity contribution is 7.15. The lowest BCUT2D eigenvalue weighted by molar-refractivity contribution is 0.262. The van der Waals surface area contributed by atoms with Crippen LogP contribution in [0.5, 0.6) is 0 Å². The smallest absolute Gasteiger partial charge is 0.308 e. The normalized spacial score (nSPS) is 10.3. The van der Waals surface area contributed by atoms with Gasteiger partial charge in [0.15, 0.2) is 0 Å². The Morgan fingerprint density at radius 2 is 1.96 bits per heavy atom. The van der Waals surface area contributed by atoms with E-state index in [4.69, 9.17) is 11.6 Å². The van der Waals surface area contributed by atoms with E-state index in [9.17, 15) is 4.79 Å². The minimum Gasteiger partial charge on any atom is -0.308 e. The fourth-order valence-corrected chi connectivity index (χ4v) is 2.84. The molecule has 0 unspecified atom stereocenters. The van der Waals surface area contributed by atoms with Gasteiger partial charge in [-0.3, -0.25) is 10.3 Å². The fourth-order valence-electron chi connectivity index (χ4n) is 1.88. The Morgan fingerprint density at radius 1 is 1.13 bits per heavy atom. The largest absolute Gasteiger partial charge is 0.325 e. The molecule has 2 heterocycles. The number of carbonyl (C=O) groups is 1. The summed E-state index contributed by atoms with van der Waals surface area (Å²) in [6.45, 7) is 0. The molecule has 0 aliphatic heterocycles. The van der Waals surface area contributed by atoms with Crippen molar-refractivity contribution in [1.82, 2.24) is 15.2 Å². The van der Waals surface area contributed by atoms with Crippen molar-refractivity contribution in [3.63, 3.8) is 0 Å². The van der Waals surface area contributed by atoms with Crippen molar-refractivity contribution in [2.45, 2.75) is 6.42 Å². The molecule has 3 aromatic rings. The maximum absolute atomic E-state index is 11.9. The van der Waals surface area contributed by atoms with E-state index in [1.807, 2.05) is 12.1 Å². The quantitative estimate of drug-likeness (QED) is 0.753. The molecule has 2 aromatic heterocycles. The highest BCUT2D eigenvalue weighted by atomic mass is 35.5. The minimum atomic E-state index is -0.390. The van der Waals surface area contributed by atoms with E-state index in [1.54, 1.807) is 36.7 Å². The van der Waals surface area contributed by atoms with Gasteiger partial charge in [-0.25, -0.2) is 4.79 Å². The molecule has 0 saturated heterocycles. The Morgan fingerprint density at radius 3 is 2.74 bits per heavy atom. The number of benzene rings is 1. The first kappa shape index (κ1) is 15.4. The third kappa shape index (κ3) is 4.48. The second-order valence-electron chi connectivity index (χ2n) is 4.62. The Bertz CT molecular complexity index is 808. The van der Waals surface area contributed by atoms with Crippen molar-refractivity contribution in [2.24, 2.45) is 0 Å². The van der Waals surface area contributed by atoms with Crippen LogP contribution >= 0.6 is 22.9 Å². The number of halogens is 1. The Labute approximate surface area is 141 Å². The molecule has 2 amide bonds. The van der Waals surface area contributed by atoms with Crippen LogP contribution in [0, 0.1) is 0 Å². The summed E-state index contributed by atoms with van der Waals surface area (Å²) in [5.41, 5.74) is 1.70. The molecule has 0 saturated carbocycles. The van der Waals surface area contributed by atoms with Gasteiger partial charge in [-0.05, 0) is 35.9 Å². The molecule has 8 heteroatoms. The van der Waals surface area contributed by atoms with Gasteiger partial charge in [0.25, 0.3) is 0 Å². The van der Waals surface area contributed by atoms with Gasteiger partial charge in [-0.2, -0.15) is 0 Å². The number of nitrogens with zero attached hydrogens (tertiary/aromatic N) is 3. The van der Waals surface area contributed by atoms with Crippen LogP contribution in [0.25, 0.3) is 0 Å². The van der Waals surface area contributed by atoms with Gasteiger partial charge in [0.2, 0.25) is 5.13 Å². The van der Waals surface area contributed by atoms with Gasteiger partial charge in [0.1, 0.15) is 5.01 Å². The van der Waals surface area contributed by atoms with Crippen LogP contribution in [-0.2, 0) is 6.42 Å². The van der Waals surface area contributed by atoms with Crippen molar-refractivity contribution in [3.05, 3.63) is 64.4 Å². The number of rotatable bonds is 4. The predicted octanol–water partition coefficient (Wildman–Crippen LogP) is 3.82. The number of hydrogen-bond acceptors (Lipinski definition) is 5. The number of amides is 2. The first-order valence-corrected chi connectivity index (χ1v) is 7.93. The van der Waals surface area contributed by atoms with Crippen molar-refractivity contribution in [1.29, 1.82) is 0 Å². The van der Waals surface area contributed by atoms with E-state index >= 15 is 0 Å². The molecular formula is C15H12ClN5OS. The highest BCUT2D eigenvalue weighted by Crippen LogP contribution is 2.19. The van der Waals surface area contributed by atoms with E-state index in [1.165, 1.54) is 11.3 Å². The molecule has 0 aliphatic rings. The van der Waals surface area contributed by atoms with Crippen LogP contribution in [0.3, 0.4) is 0 Å². The molecular weight excluding hydrogens is 334 g/mol. The minimum absolute atomic E-state index is 0.390. The van der Waals surface area contributed by atoms with Gasteiger partial charge in [0.05, 0.1) is 0 Å². The fraction of sp³-hybridized carbons (Fsp3) is 0.0667. The first-order valence-electron chi connectivity index (χ1n) is 6.74. The monoisotopic (exact) mass is 345 g/mol. The Balaban J connectivity index is 1.59. The zero-order valence-corrected chi connectivity index (χ0v) is 13.4. The number of aromatic nitrogens is 3. The van der Waals surface area contributed by atoms with E-state index in [-0.39, 0.29) is 6.03 Å². The van der Waals surface area contributed by atoms with E-state index in [0.29, 0.717) is 22.3 Å². The van der Waals surface area contributed by atoms with Gasteiger partial charge in [0, 0.05) is 29.5 Å². The first-order chi connectivity index (χ1) is 11.2. The number of urea groups is 1. The zero-order valence-electron chi connectivity index (χ0n) is 11.9. The summed E-state index contributed by atoms with van der Waals surface area (Å²) < 4.78 is 0. The maximum atomic E-state index is 11.9. The van der Waals surface area contributed by atoms with Crippen LogP contribution < -0.4 is 10.6 Å². The van der Waals surface area contributed by atoms with Crippen molar-refractivity contribution >= 4 is 39.8 Å². The second kappa shape index (κ2) is 7.17. The Hall–Kier alpha value is -2.51. The molecule has 0 aliphatic carbocycles. The lowest BCUT2D eigenvalue weighted by atomic mass is 10.2. The highest BCUT2D eigenvalue weighted by Gasteiger charge is 2.09. The lowest BCUT2D eigenvalue weighted by Crippen LogP contribution is -2.19. The SMILES string of the molecule is O=C(Nc1cccc(Cl)c1)Nc1nnc(Cc2ccncc2)s1. The van der Waals surface area contributed by atoms with Crippen LogP contribution in [-0.4, -0.2) is 21.2 Å². The summed E-state index contributed by atoms with van der Waals surface area (Å²) in [5, 5.41) is 15.2. The summed E-state index contributed by atoms with van der Waals surface area (Å²) in [5.74, 6) is 0. The summed E-state index contributed by atoms with van der Waals surface area (Å²) in [6.07, 6.45) is 4.11. The third-order valence-corrected chi connectivity index (χ3v) is 3.95. The van der Waals surface area contributed by atoms with Crippen molar-refractivity contribution in [2.75, 3.05) is 10.6 Å². The molecule has 0 bridgehead atoms. The topological polar surface area (TPSA) is 79.8 Å². The van der Waals surface area contributed by atoms with E-state index in [0.717, 1.165) is 10.6 Å². The van der Waals surface area contributed by atoms with E-state index in [2.05, 4.69) is 25.8 Å². The van der Waals surface area contributed by atoms with Crippen LogP contribution in [0.4, 0.5) is 15.6 Å². The summed E-state index contributed by atoms with van der Waals surface area (Å²) in [7, 11) is 0. The maximum Gasteiger partial charge on any atom is 0.325 e. The zero-order chi connectivity index (χ0) is 16.1. The number of hydrogen-bond donors (Lipinski definition) is 2. The third-order valence-electron chi connectivity index (χ3n) is 2.87. The molecule has 0 spiro atoms. The molecule has 116 valence electrons. The number of nitrogens with one attached hydrogen (secondary N) is 2. The molecule has 0 atom stereocenters. The van der Waals surface area contributed by atoms with Crippen molar-refractivity contribution in [3.8, 4) is 0 Å². The molecule has 2 N–H and O–H groups in total. The average molecular weight is 346 g/mol. The van der Waals surface area contributed by atoms with Crippen LogP contribution in [0.1, 0.15) is 10.6 Å². The molecule has 3 rings (SSSR count). The molecule has 23 heavy (non-hydrogen) atoms. The van der Waals surface area contributed by atoms with Gasteiger partial charge in [-0.15, -0.1) is 10.2 Å². The average Bonchev–Trinajstić information content (AvgIpc) is 2.95. The standard InChI is InChI=1S/C15H12ClN5OS/c16-11-2-1-3-12(9-11)18-14(22)19-15-21-20-13(23-15)8-10-4-6-17-7-5-10/h1-7,9H,8H2,(H2,18,19,21,22). The summed E-state index contributed by atoms with van der Waals surface area (Å²) >= 11 is 7.20. The molecule has 6 nitrogen and oxygen atoms in total. The van der Waals surface area contributed by atoms with Gasteiger partial charge >= 0.3 is 6.03 Å². The van der Waals surface area contributed by atoms with Crippen LogP contribution in [0.2, 0.25) is 5.02 Å². The summed E-state index contributed by atoms with van der Waals surface area (Å²) in [6, 6.07) is 10.4. The second-order valence-corrected chi connectivity index (χ2v) is 6.12. The molecule has 0 fully saturated rings. The molecule has 1 aromatic carbocycles. The number of carbonyl (C=O) groups excluding carboxylic acids is 1.